The monoisotopic (exact) mass is 491 g/mol. The molecule has 5 nitrogen and oxygen atoms in total. The van der Waals surface area contributed by atoms with Crippen molar-refractivity contribution in [2.24, 2.45) is 5.92 Å². The minimum atomic E-state index is -0.669. The average molecular weight is 492 g/mol. The van der Waals surface area contributed by atoms with Crippen LogP contribution in [-0.4, -0.2) is 25.0 Å². The standard InChI is InChI=1S/C29H30ClNO4/c1-17-26(29(33)35-23-5-3-4-6-23)27(19-7-11-21(30)12-8-19)28-24(31-17)15-20(16-25(28)32)18-9-13-22(34-2)14-10-18/h7-14,20,23,26-27,31H,1,3-6,15-16H2,2H3. The number of Topliss-reactive ketones (excluding diaryl/α,β-unsaturated/α-hetero) is 1. The number of allylic oxidation sites excluding steroid dienone is 2. The fourth-order valence-corrected chi connectivity index (χ4v) is 5.84. The van der Waals surface area contributed by atoms with Crippen molar-refractivity contribution in [3.8, 4) is 5.75 Å². The molecule has 2 aromatic rings. The van der Waals surface area contributed by atoms with Crippen LogP contribution in [0.25, 0.3) is 0 Å². The number of rotatable bonds is 5. The van der Waals surface area contributed by atoms with Gasteiger partial charge < -0.3 is 14.8 Å². The Hall–Kier alpha value is -3.05. The van der Waals surface area contributed by atoms with Crippen molar-refractivity contribution in [2.75, 3.05) is 7.11 Å². The maximum atomic E-state index is 13.7. The number of esters is 1. The molecule has 0 saturated heterocycles. The Labute approximate surface area is 211 Å². The minimum absolute atomic E-state index is 0.0420. The summed E-state index contributed by atoms with van der Waals surface area (Å²) in [5.41, 5.74) is 4.04. The Kier molecular flexibility index (Phi) is 6.70. The second-order valence-electron chi connectivity index (χ2n) is 9.69. The fourth-order valence-electron chi connectivity index (χ4n) is 5.71. The minimum Gasteiger partial charge on any atom is -0.497 e. The molecule has 1 saturated carbocycles. The topological polar surface area (TPSA) is 64.6 Å². The zero-order chi connectivity index (χ0) is 24.5. The van der Waals surface area contributed by atoms with E-state index in [0.717, 1.165) is 48.3 Å². The molecule has 0 aromatic heterocycles. The largest absolute Gasteiger partial charge is 0.497 e. The number of carbonyl (C=O) groups excluding carboxylic acids is 2. The zero-order valence-electron chi connectivity index (χ0n) is 19.9. The Bertz CT molecular complexity index is 1160. The molecule has 2 aromatic carbocycles. The first-order chi connectivity index (χ1) is 16.9. The van der Waals surface area contributed by atoms with Gasteiger partial charge in [0.05, 0.1) is 7.11 Å². The van der Waals surface area contributed by atoms with Crippen molar-refractivity contribution in [1.82, 2.24) is 5.32 Å². The van der Waals surface area contributed by atoms with Gasteiger partial charge in [-0.2, -0.15) is 0 Å². The number of ether oxygens (including phenoxy) is 2. The summed E-state index contributed by atoms with van der Waals surface area (Å²) in [6, 6.07) is 15.3. The van der Waals surface area contributed by atoms with E-state index < -0.39 is 11.8 Å². The summed E-state index contributed by atoms with van der Waals surface area (Å²) in [4.78, 5) is 27.1. The van der Waals surface area contributed by atoms with Crippen LogP contribution in [0.5, 0.6) is 5.75 Å². The van der Waals surface area contributed by atoms with Gasteiger partial charge in [-0.15, -0.1) is 0 Å². The molecular weight excluding hydrogens is 462 g/mol. The number of nitrogens with one attached hydrogen (secondary N) is 1. The van der Waals surface area contributed by atoms with Gasteiger partial charge >= 0.3 is 5.97 Å². The van der Waals surface area contributed by atoms with Crippen LogP contribution in [0.4, 0.5) is 0 Å². The summed E-state index contributed by atoms with van der Waals surface area (Å²) in [6.45, 7) is 4.22. The third-order valence-corrected chi connectivity index (χ3v) is 7.75. The smallest absolute Gasteiger partial charge is 0.316 e. The summed E-state index contributed by atoms with van der Waals surface area (Å²) < 4.78 is 11.2. The average Bonchev–Trinajstić information content (AvgIpc) is 3.36. The lowest BCUT2D eigenvalue weighted by molar-refractivity contribution is -0.153. The Morgan fingerprint density at radius 3 is 2.31 bits per heavy atom. The predicted molar refractivity (Wildman–Crippen MR) is 135 cm³/mol. The van der Waals surface area contributed by atoms with E-state index >= 15 is 0 Å². The molecule has 182 valence electrons. The quantitative estimate of drug-likeness (QED) is 0.515. The predicted octanol–water partition coefficient (Wildman–Crippen LogP) is 6.05. The lowest BCUT2D eigenvalue weighted by atomic mass is 9.69. The van der Waals surface area contributed by atoms with Crippen molar-refractivity contribution < 1.29 is 19.1 Å². The molecule has 3 atom stereocenters. The molecule has 6 heteroatoms. The summed E-state index contributed by atoms with van der Waals surface area (Å²) in [6.07, 6.45) is 4.92. The van der Waals surface area contributed by atoms with Crippen LogP contribution in [0.3, 0.4) is 0 Å². The summed E-state index contributed by atoms with van der Waals surface area (Å²) >= 11 is 6.16. The van der Waals surface area contributed by atoms with Crippen LogP contribution >= 0.6 is 11.6 Å². The Morgan fingerprint density at radius 2 is 1.66 bits per heavy atom. The molecular formula is C29H30ClNO4. The number of halogens is 1. The normalized spacial score (nSPS) is 24.7. The molecule has 5 rings (SSSR count). The van der Waals surface area contributed by atoms with Gasteiger partial charge in [-0.3, -0.25) is 9.59 Å². The fraction of sp³-hybridized carbons (Fsp3) is 0.379. The van der Waals surface area contributed by atoms with Crippen LogP contribution in [0.2, 0.25) is 5.02 Å². The number of hydrogen-bond acceptors (Lipinski definition) is 5. The van der Waals surface area contributed by atoms with Crippen LogP contribution in [0.15, 0.2) is 72.1 Å². The van der Waals surface area contributed by atoms with Crippen molar-refractivity contribution in [1.29, 1.82) is 0 Å². The maximum Gasteiger partial charge on any atom is 0.316 e. The van der Waals surface area contributed by atoms with E-state index in [1.165, 1.54) is 0 Å². The van der Waals surface area contributed by atoms with Gasteiger partial charge in [0.15, 0.2) is 5.78 Å². The second kappa shape index (κ2) is 9.90. The van der Waals surface area contributed by atoms with Gasteiger partial charge in [-0.05, 0) is 73.4 Å². The van der Waals surface area contributed by atoms with Crippen LogP contribution in [0, 0.1) is 5.92 Å². The van der Waals surface area contributed by atoms with Gasteiger partial charge in [0.25, 0.3) is 0 Å². The lowest BCUT2D eigenvalue weighted by Gasteiger charge is -2.40. The van der Waals surface area contributed by atoms with Crippen molar-refractivity contribution >= 4 is 23.4 Å². The van der Waals surface area contributed by atoms with E-state index in [0.29, 0.717) is 29.1 Å². The molecule has 3 aliphatic rings. The highest BCUT2D eigenvalue weighted by atomic mass is 35.5. The molecule has 0 spiro atoms. The van der Waals surface area contributed by atoms with Crippen molar-refractivity contribution in [2.45, 2.75) is 56.5 Å². The van der Waals surface area contributed by atoms with Crippen LogP contribution in [-0.2, 0) is 14.3 Å². The molecule has 35 heavy (non-hydrogen) atoms. The van der Waals surface area contributed by atoms with E-state index in [1.54, 1.807) is 19.2 Å². The molecule has 3 unspecified atom stereocenters. The molecule has 2 aliphatic carbocycles. The van der Waals surface area contributed by atoms with Gasteiger partial charge in [0, 0.05) is 34.3 Å². The Balaban J connectivity index is 1.51. The van der Waals surface area contributed by atoms with E-state index in [1.807, 2.05) is 36.4 Å². The van der Waals surface area contributed by atoms with E-state index in [4.69, 9.17) is 21.1 Å². The molecule has 1 N–H and O–H groups in total. The van der Waals surface area contributed by atoms with Crippen LogP contribution in [0.1, 0.15) is 61.5 Å². The molecule has 1 fully saturated rings. The summed E-state index contributed by atoms with van der Waals surface area (Å²) in [7, 11) is 1.64. The van der Waals surface area contributed by atoms with E-state index in [9.17, 15) is 9.59 Å². The first kappa shape index (κ1) is 23.7. The van der Waals surface area contributed by atoms with E-state index in [-0.39, 0.29) is 23.8 Å². The van der Waals surface area contributed by atoms with Gasteiger partial charge in [-0.25, -0.2) is 0 Å². The highest BCUT2D eigenvalue weighted by Crippen LogP contribution is 2.47. The van der Waals surface area contributed by atoms with E-state index in [2.05, 4.69) is 11.9 Å². The Morgan fingerprint density at radius 1 is 1.00 bits per heavy atom. The highest BCUT2D eigenvalue weighted by Gasteiger charge is 2.46. The second-order valence-corrected chi connectivity index (χ2v) is 10.1. The molecule has 0 bridgehead atoms. The van der Waals surface area contributed by atoms with Crippen molar-refractivity contribution in [3.05, 3.63) is 88.2 Å². The van der Waals surface area contributed by atoms with Gasteiger partial charge in [-0.1, -0.05) is 42.4 Å². The first-order valence-corrected chi connectivity index (χ1v) is 12.6. The SMILES string of the molecule is C=C1NC2=C(C(=O)CC(c3ccc(OC)cc3)C2)C(c2ccc(Cl)cc2)C1C(=O)OC1CCCC1. The molecule has 1 heterocycles. The van der Waals surface area contributed by atoms with Crippen molar-refractivity contribution in [3.63, 3.8) is 0 Å². The zero-order valence-corrected chi connectivity index (χ0v) is 20.6. The number of methoxy groups -OCH3 is 1. The number of benzene rings is 2. The number of hydrogen-bond donors (Lipinski definition) is 1. The maximum absolute atomic E-state index is 13.7. The molecule has 0 radical (unpaired) electrons. The highest BCUT2D eigenvalue weighted by molar-refractivity contribution is 6.30. The third kappa shape index (κ3) is 4.74. The molecule has 1 aliphatic heterocycles. The van der Waals surface area contributed by atoms with Gasteiger partial charge in [0.2, 0.25) is 0 Å². The van der Waals surface area contributed by atoms with Crippen LogP contribution < -0.4 is 10.1 Å². The first-order valence-electron chi connectivity index (χ1n) is 12.3. The number of carbonyl (C=O) groups is 2. The van der Waals surface area contributed by atoms with Gasteiger partial charge in [0.1, 0.15) is 17.8 Å². The lowest BCUT2D eigenvalue weighted by Crippen LogP contribution is -2.42. The molecule has 0 amide bonds. The number of ketones is 1. The third-order valence-electron chi connectivity index (χ3n) is 7.49. The summed E-state index contributed by atoms with van der Waals surface area (Å²) in [5, 5.41) is 3.96. The summed E-state index contributed by atoms with van der Waals surface area (Å²) in [5.74, 6) is -0.561.